The number of amides is 4. The molecule has 0 aliphatic carbocycles. The molecular weight excluding hydrogens is 842 g/mol. The highest BCUT2D eigenvalue weighted by Crippen LogP contribution is 2.54. The van der Waals surface area contributed by atoms with Crippen LogP contribution in [-0.2, 0) is 12.4 Å². The molecule has 0 unspecified atom stereocenters. The fourth-order valence-corrected chi connectivity index (χ4v) is 8.86. The molecule has 6 nitrogen and oxygen atoms in total. The smallest absolute Gasteiger partial charge is 0.268 e. The van der Waals surface area contributed by atoms with Crippen molar-refractivity contribution < 1.29 is 54.3 Å². The lowest BCUT2D eigenvalue weighted by molar-refractivity contribution is -0.143. The maximum atomic E-state index is 14.3. The van der Waals surface area contributed by atoms with Gasteiger partial charge in [0, 0.05) is 69.2 Å². The van der Waals surface area contributed by atoms with Gasteiger partial charge in [0.05, 0.1) is 44.8 Å². The monoisotopic (exact) mass is 850 g/mol. The van der Waals surface area contributed by atoms with Crippen molar-refractivity contribution in [2.45, 2.75) is 12.4 Å². The Hall–Kier alpha value is -5.28. The predicted octanol–water partition coefficient (Wildman–Crippen LogP) is 12.3. The first-order valence-corrected chi connectivity index (χ1v) is 17.2. The molecule has 0 N–H and O–H groups in total. The summed E-state index contributed by atoms with van der Waals surface area (Å²) in [5.41, 5.74) is -6.21. The number of anilines is 2. The molecule has 7 aromatic carbocycles. The predicted molar refractivity (Wildman–Crippen MR) is 193 cm³/mol. The summed E-state index contributed by atoms with van der Waals surface area (Å²) in [6.07, 6.45) is -10.6. The normalized spacial score (nSPS) is 14.9. The molecule has 280 valence electrons. The van der Waals surface area contributed by atoms with Gasteiger partial charge in [-0.2, -0.15) is 26.3 Å². The second-order valence-corrected chi connectivity index (χ2v) is 14.5. The van der Waals surface area contributed by atoms with E-state index < -0.39 is 81.2 Å². The molecule has 0 atom stereocenters. The van der Waals surface area contributed by atoms with Gasteiger partial charge in [0.25, 0.3) is 23.6 Å². The summed E-state index contributed by atoms with van der Waals surface area (Å²) in [5, 5.41) is -0.774. The van der Waals surface area contributed by atoms with Crippen molar-refractivity contribution in [3.63, 3.8) is 0 Å². The second kappa shape index (κ2) is 11.6. The summed E-state index contributed by atoms with van der Waals surface area (Å²) in [4.78, 5) is 57.0. The van der Waals surface area contributed by atoms with Crippen molar-refractivity contribution in [2.75, 3.05) is 9.80 Å². The van der Waals surface area contributed by atoms with E-state index in [1.54, 1.807) is 0 Å². The van der Waals surface area contributed by atoms with Crippen LogP contribution in [0.4, 0.5) is 46.5 Å². The van der Waals surface area contributed by atoms with E-state index in [-0.39, 0.29) is 97.4 Å². The quantitative estimate of drug-likeness (QED) is 0.0751. The number of nitrogens with zero attached hydrogens (tertiary/aromatic N) is 2. The first kappa shape index (κ1) is 36.4. The Morgan fingerprint density at radius 2 is 0.661 bits per heavy atom. The molecule has 2 aliphatic rings. The molecule has 18 heteroatoms. The summed E-state index contributed by atoms with van der Waals surface area (Å²) in [6, 6.07) is 6.86. The van der Waals surface area contributed by atoms with Crippen LogP contribution in [0.15, 0.2) is 60.7 Å². The van der Waals surface area contributed by atoms with E-state index in [1.165, 1.54) is 12.1 Å². The lowest BCUT2D eigenvalue weighted by Crippen LogP contribution is -2.41. The maximum Gasteiger partial charge on any atom is 0.416 e. The number of benzene rings is 7. The van der Waals surface area contributed by atoms with Crippen molar-refractivity contribution in [1.29, 1.82) is 0 Å². The number of rotatable bonds is 2. The van der Waals surface area contributed by atoms with E-state index in [4.69, 9.17) is 46.4 Å². The Morgan fingerprint density at radius 3 is 0.946 bits per heavy atom. The van der Waals surface area contributed by atoms with Gasteiger partial charge in [0.15, 0.2) is 0 Å². The zero-order valence-corrected chi connectivity index (χ0v) is 29.9. The highest BCUT2D eigenvalue weighted by atomic mass is 35.5. The Labute approximate surface area is 325 Å². The first-order chi connectivity index (χ1) is 26.2. The summed E-state index contributed by atoms with van der Waals surface area (Å²) >= 11 is 27.5. The van der Waals surface area contributed by atoms with E-state index >= 15 is 0 Å². The third-order valence-corrected chi connectivity index (χ3v) is 11.0. The third-order valence-electron chi connectivity index (χ3n) is 9.79. The Morgan fingerprint density at radius 1 is 0.375 bits per heavy atom. The van der Waals surface area contributed by atoms with Gasteiger partial charge < -0.3 is 0 Å². The molecule has 9 rings (SSSR count). The molecule has 0 bridgehead atoms. The Bertz CT molecular complexity index is 2890. The number of halogens is 12. The van der Waals surface area contributed by atoms with Crippen LogP contribution in [0.2, 0.25) is 20.1 Å². The maximum absolute atomic E-state index is 14.3. The average molecular weight is 852 g/mol. The number of carbonyl (C=O) groups excluding carboxylic acids is 4. The van der Waals surface area contributed by atoms with Gasteiger partial charge in [-0.15, -0.1) is 0 Å². The molecule has 0 aromatic heterocycles. The largest absolute Gasteiger partial charge is 0.416 e. The number of alkyl halides is 6. The molecule has 4 amide bonds. The van der Waals surface area contributed by atoms with Crippen LogP contribution in [-0.4, -0.2) is 23.6 Å². The van der Waals surface area contributed by atoms with Crippen molar-refractivity contribution in [1.82, 2.24) is 0 Å². The lowest BCUT2D eigenvalue weighted by Gasteiger charge is -2.31. The van der Waals surface area contributed by atoms with Crippen molar-refractivity contribution in [3.8, 4) is 0 Å². The standard InChI is InChI=1S/C38H10Cl4F8N2O4/c39-21-7-17-25-18(34(54)51(33(17)53)15-2-11(37(45,46)47)1-12(3-15)38(48,49)50)8-22(40)28-30-24(42)10-20-26-19(9-23(41)29(32(26)30)27(21)31(25)28)35(55)52(36(20)56)16-5-13(43)4-14(44)6-16/h1-10H. The number of hydrogen-bond donors (Lipinski definition) is 0. The summed E-state index contributed by atoms with van der Waals surface area (Å²) in [7, 11) is 0. The van der Waals surface area contributed by atoms with E-state index in [1.807, 2.05) is 0 Å². The number of carbonyl (C=O) groups is 4. The van der Waals surface area contributed by atoms with Crippen LogP contribution in [0.25, 0.3) is 43.1 Å². The zero-order chi connectivity index (χ0) is 40.2. The second-order valence-electron chi connectivity index (χ2n) is 12.9. The number of imide groups is 2. The van der Waals surface area contributed by atoms with Gasteiger partial charge in [-0.05, 0) is 54.6 Å². The van der Waals surface area contributed by atoms with Crippen LogP contribution in [0.3, 0.4) is 0 Å². The Balaban J connectivity index is 1.35. The number of hydrogen-bond acceptors (Lipinski definition) is 4. The van der Waals surface area contributed by atoms with E-state index in [0.29, 0.717) is 11.0 Å². The topological polar surface area (TPSA) is 74.8 Å². The minimum Gasteiger partial charge on any atom is -0.268 e. The molecule has 0 radical (unpaired) electrons. The molecule has 2 aliphatic heterocycles. The average Bonchev–Trinajstić information content (AvgIpc) is 3.09. The molecule has 0 saturated carbocycles. The third kappa shape index (κ3) is 4.88. The summed E-state index contributed by atoms with van der Waals surface area (Å²) in [6.45, 7) is 0. The molecular formula is C38H10Cl4F8N2O4. The van der Waals surface area contributed by atoms with Crippen molar-refractivity contribution in [3.05, 3.63) is 126 Å². The molecule has 7 aromatic rings. The zero-order valence-electron chi connectivity index (χ0n) is 26.8. The molecule has 0 saturated heterocycles. The van der Waals surface area contributed by atoms with Gasteiger partial charge in [-0.25, -0.2) is 18.6 Å². The van der Waals surface area contributed by atoms with Crippen molar-refractivity contribution >= 4 is 124 Å². The van der Waals surface area contributed by atoms with Crippen LogP contribution in [0, 0.1) is 11.6 Å². The fraction of sp³-hybridized carbons (Fsp3) is 0.0526. The van der Waals surface area contributed by atoms with E-state index in [9.17, 15) is 54.3 Å². The summed E-state index contributed by atoms with van der Waals surface area (Å²) in [5.74, 6) is -6.82. The van der Waals surface area contributed by atoms with Gasteiger partial charge in [0.1, 0.15) is 11.6 Å². The highest BCUT2D eigenvalue weighted by molar-refractivity contribution is 6.57. The van der Waals surface area contributed by atoms with Crippen LogP contribution in [0.5, 0.6) is 0 Å². The molecule has 0 fully saturated rings. The highest BCUT2D eigenvalue weighted by Gasteiger charge is 2.43. The first-order valence-electron chi connectivity index (χ1n) is 15.7. The number of fused-ring (bicyclic) bond motifs is 2. The van der Waals surface area contributed by atoms with Crippen LogP contribution < -0.4 is 9.80 Å². The van der Waals surface area contributed by atoms with Gasteiger partial charge in [0.2, 0.25) is 0 Å². The van der Waals surface area contributed by atoms with E-state index in [2.05, 4.69) is 0 Å². The molecule has 56 heavy (non-hydrogen) atoms. The minimum atomic E-state index is -5.30. The van der Waals surface area contributed by atoms with Crippen LogP contribution in [0.1, 0.15) is 52.6 Å². The van der Waals surface area contributed by atoms with Gasteiger partial charge in [-0.1, -0.05) is 46.4 Å². The minimum absolute atomic E-state index is 0.000970. The fourth-order valence-electron chi connectivity index (χ4n) is 7.66. The molecule has 2 heterocycles. The van der Waals surface area contributed by atoms with E-state index in [0.717, 1.165) is 24.3 Å². The van der Waals surface area contributed by atoms with Gasteiger partial charge >= 0.3 is 12.4 Å². The van der Waals surface area contributed by atoms with Crippen LogP contribution >= 0.6 is 46.4 Å². The Kier molecular flexibility index (Phi) is 7.55. The molecule has 0 spiro atoms. The van der Waals surface area contributed by atoms with Crippen molar-refractivity contribution in [2.24, 2.45) is 0 Å². The lowest BCUT2D eigenvalue weighted by atomic mass is 9.82. The van der Waals surface area contributed by atoms with Gasteiger partial charge in [-0.3, -0.25) is 19.2 Å². The SMILES string of the molecule is O=C1c2cc(Cl)c3c4c(Cl)cc5c6c(cc(Cl)c(c7c(Cl)cc(c2c37)C(=O)N1c1cc(F)cc(F)c1)c64)C(=O)N(c1cc(C(F)(F)F)cc(C(F)(F)F)c1)C5=O. The summed E-state index contributed by atoms with van der Waals surface area (Å²) < 4.78 is 111.